The summed E-state index contributed by atoms with van der Waals surface area (Å²) in [5.41, 5.74) is 1.64. The van der Waals surface area contributed by atoms with Crippen LogP contribution in [0.2, 0.25) is 0 Å². The Bertz CT molecular complexity index is 642. The third-order valence-corrected chi connectivity index (χ3v) is 3.18. The van der Waals surface area contributed by atoms with Gasteiger partial charge in [0.05, 0.1) is 0 Å². The molecule has 2 aromatic carbocycles. The molecule has 0 saturated carbocycles. The van der Waals surface area contributed by atoms with Crippen molar-refractivity contribution in [3.8, 4) is 0 Å². The van der Waals surface area contributed by atoms with Crippen LogP contribution in [-0.2, 0) is 0 Å². The molecule has 0 aliphatic carbocycles. The number of hydrogen-bond acceptors (Lipinski definition) is 2. The highest BCUT2D eigenvalue weighted by molar-refractivity contribution is 6.04. The molecule has 116 valence electrons. The van der Waals surface area contributed by atoms with Gasteiger partial charge in [0.25, 0.3) is 5.91 Å². The van der Waals surface area contributed by atoms with Crippen molar-refractivity contribution >= 4 is 17.3 Å². The summed E-state index contributed by atoms with van der Waals surface area (Å²) in [7, 11) is 0. The van der Waals surface area contributed by atoms with E-state index in [2.05, 4.69) is 17.6 Å². The minimum Gasteiger partial charge on any atom is -0.385 e. The SMILES string of the molecule is CCCCNc1ccc(NC(=O)c2ccc(F)c(F)c2)cc1. The fourth-order valence-electron chi connectivity index (χ4n) is 1.92. The average molecular weight is 304 g/mol. The van der Waals surface area contributed by atoms with E-state index in [-0.39, 0.29) is 5.56 Å². The van der Waals surface area contributed by atoms with Crippen LogP contribution in [0, 0.1) is 11.6 Å². The molecule has 1 amide bonds. The third kappa shape index (κ3) is 4.28. The quantitative estimate of drug-likeness (QED) is 0.775. The summed E-state index contributed by atoms with van der Waals surface area (Å²) in [6, 6.07) is 10.3. The molecule has 5 heteroatoms. The van der Waals surface area contributed by atoms with E-state index in [0.717, 1.165) is 37.2 Å². The van der Waals surface area contributed by atoms with E-state index in [0.29, 0.717) is 5.69 Å². The molecule has 2 N–H and O–H groups in total. The van der Waals surface area contributed by atoms with E-state index in [1.54, 1.807) is 12.1 Å². The van der Waals surface area contributed by atoms with Gasteiger partial charge in [-0.2, -0.15) is 0 Å². The Morgan fingerprint density at radius 1 is 1.00 bits per heavy atom. The lowest BCUT2D eigenvalue weighted by Gasteiger charge is -2.08. The molecular formula is C17H18F2N2O. The lowest BCUT2D eigenvalue weighted by molar-refractivity contribution is 0.102. The van der Waals surface area contributed by atoms with Crippen molar-refractivity contribution < 1.29 is 13.6 Å². The van der Waals surface area contributed by atoms with E-state index in [9.17, 15) is 13.6 Å². The topological polar surface area (TPSA) is 41.1 Å². The first-order chi connectivity index (χ1) is 10.6. The lowest BCUT2D eigenvalue weighted by Crippen LogP contribution is -2.12. The van der Waals surface area contributed by atoms with Gasteiger partial charge in [-0.25, -0.2) is 8.78 Å². The van der Waals surface area contributed by atoms with Crippen LogP contribution in [0.1, 0.15) is 30.1 Å². The zero-order valence-corrected chi connectivity index (χ0v) is 12.3. The Labute approximate surface area is 128 Å². The highest BCUT2D eigenvalue weighted by atomic mass is 19.2. The third-order valence-electron chi connectivity index (χ3n) is 3.18. The first kappa shape index (κ1) is 15.9. The van der Waals surface area contributed by atoms with E-state index in [1.165, 1.54) is 6.07 Å². The lowest BCUT2D eigenvalue weighted by atomic mass is 10.2. The summed E-state index contributed by atoms with van der Waals surface area (Å²) in [4.78, 5) is 12.0. The van der Waals surface area contributed by atoms with Crippen LogP contribution in [-0.4, -0.2) is 12.5 Å². The molecule has 0 radical (unpaired) electrons. The van der Waals surface area contributed by atoms with Crippen molar-refractivity contribution in [2.45, 2.75) is 19.8 Å². The first-order valence-corrected chi connectivity index (χ1v) is 7.20. The van der Waals surface area contributed by atoms with E-state index < -0.39 is 17.5 Å². The van der Waals surface area contributed by atoms with Gasteiger partial charge in [-0.3, -0.25) is 4.79 Å². The molecule has 0 aliphatic rings. The van der Waals surface area contributed by atoms with Gasteiger partial charge in [0.1, 0.15) is 0 Å². The molecule has 0 fully saturated rings. The second kappa shape index (κ2) is 7.54. The molecule has 3 nitrogen and oxygen atoms in total. The number of hydrogen-bond donors (Lipinski definition) is 2. The van der Waals surface area contributed by atoms with Crippen LogP contribution < -0.4 is 10.6 Å². The van der Waals surface area contributed by atoms with Gasteiger partial charge in [0.15, 0.2) is 11.6 Å². The Morgan fingerprint density at radius 2 is 1.68 bits per heavy atom. The number of anilines is 2. The zero-order valence-electron chi connectivity index (χ0n) is 12.3. The van der Waals surface area contributed by atoms with Crippen LogP contribution in [0.25, 0.3) is 0 Å². The second-order valence-corrected chi connectivity index (χ2v) is 4.94. The standard InChI is InChI=1S/C17H18F2N2O/c1-2-3-10-20-13-5-7-14(8-6-13)21-17(22)12-4-9-15(18)16(19)11-12/h4-9,11,20H,2-3,10H2,1H3,(H,21,22). The van der Waals surface area contributed by atoms with Crippen LogP contribution in [0.4, 0.5) is 20.2 Å². The summed E-state index contributed by atoms with van der Waals surface area (Å²) in [6.45, 7) is 3.02. The van der Waals surface area contributed by atoms with Crippen LogP contribution in [0.15, 0.2) is 42.5 Å². The van der Waals surface area contributed by atoms with Gasteiger partial charge in [0, 0.05) is 23.5 Å². The van der Waals surface area contributed by atoms with Gasteiger partial charge < -0.3 is 10.6 Å². The second-order valence-electron chi connectivity index (χ2n) is 4.94. The Hall–Kier alpha value is -2.43. The van der Waals surface area contributed by atoms with Crippen molar-refractivity contribution in [3.05, 3.63) is 59.7 Å². The molecule has 0 atom stereocenters. The fourth-order valence-corrected chi connectivity index (χ4v) is 1.92. The molecule has 0 aromatic heterocycles. The van der Waals surface area contributed by atoms with Gasteiger partial charge in [0.2, 0.25) is 0 Å². The Kier molecular flexibility index (Phi) is 5.47. The van der Waals surface area contributed by atoms with Crippen molar-refractivity contribution in [1.29, 1.82) is 0 Å². The summed E-state index contributed by atoms with van der Waals surface area (Å²) in [5.74, 6) is -2.49. The summed E-state index contributed by atoms with van der Waals surface area (Å²) in [6.07, 6.45) is 2.21. The van der Waals surface area contributed by atoms with Gasteiger partial charge in [-0.15, -0.1) is 0 Å². The highest BCUT2D eigenvalue weighted by Gasteiger charge is 2.09. The van der Waals surface area contributed by atoms with Gasteiger partial charge in [-0.1, -0.05) is 13.3 Å². The van der Waals surface area contributed by atoms with Crippen LogP contribution >= 0.6 is 0 Å². The van der Waals surface area contributed by atoms with Gasteiger partial charge in [-0.05, 0) is 48.9 Å². The highest BCUT2D eigenvalue weighted by Crippen LogP contribution is 2.16. The zero-order chi connectivity index (χ0) is 15.9. The number of halogens is 2. The number of unbranched alkanes of at least 4 members (excludes halogenated alkanes) is 1. The molecule has 0 saturated heterocycles. The maximum atomic E-state index is 13.1. The van der Waals surface area contributed by atoms with Gasteiger partial charge >= 0.3 is 0 Å². The maximum Gasteiger partial charge on any atom is 0.255 e. The molecule has 0 spiro atoms. The summed E-state index contributed by atoms with van der Waals surface area (Å²) in [5, 5.41) is 5.91. The Balaban J connectivity index is 1.97. The molecule has 2 rings (SSSR count). The molecule has 2 aromatic rings. The van der Waals surface area contributed by atoms with Crippen LogP contribution in [0.5, 0.6) is 0 Å². The number of amides is 1. The molecule has 22 heavy (non-hydrogen) atoms. The van der Waals surface area contributed by atoms with Crippen molar-refractivity contribution in [3.63, 3.8) is 0 Å². The number of benzene rings is 2. The molecule has 0 bridgehead atoms. The first-order valence-electron chi connectivity index (χ1n) is 7.20. The van der Waals surface area contributed by atoms with Crippen molar-refractivity contribution in [1.82, 2.24) is 0 Å². The number of carbonyl (C=O) groups is 1. The van der Waals surface area contributed by atoms with E-state index >= 15 is 0 Å². The smallest absolute Gasteiger partial charge is 0.255 e. The average Bonchev–Trinajstić information content (AvgIpc) is 2.52. The normalized spacial score (nSPS) is 10.3. The number of rotatable bonds is 6. The Morgan fingerprint density at radius 3 is 2.32 bits per heavy atom. The van der Waals surface area contributed by atoms with Crippen molar-refractivity contribution in [2.75, 3.05) is 17.2 Å². The summed E-state index contributed by atoms with van der Waals surface area (Å²) < 4.78 is 26.0. The molecular weight excluding hydrogens is 286 g/mol. The minimum atomic E-state index is -1.04. The summed E-state index contributed by atoms with van der Waals surface area (Å²) >= 11 is 0. The van der Waals surface area contributed by atoms with Crippen molar-refractivity contribution in [2.24, 2.45) is 0 Å². The number of carbonyl (C=O) groups excluding carboxylic acids is 1. The fraction of sp³-hybridized carbons (Fsp3) is 0.235. The maximum absolute atomic E-state index is 13.1. The monoisotopic (exact) mass is 304 g/mol. The van der Waals surface area contributed by atoms with E-state index in [1.807, 2.05) is 12.1 Å². The molecule has 0 heterocycles. The minimum absolute atomic E-state index is 0.0732. The van der Waals surface area contributed by atoms with E-state index in [4.69, 9.17) is 0 Å². The van der Waals surface area contributed by atoms with Crippen LogP contribution in [0.3, 0.4) is 0 Å². The molecule has 0 aliphatic heterocycles. The predicted octanol–water partition coefficient (Wildman–Crippen LogP) is 4.43. The number of nitrogens with one attached hydrogen (secondary N) is 2. The molecule has 0 unspecified atom stereocenters. The predicted molar refractivity (Wildman–Crippen MR) is 84.2 cm³/mol. The largest absolute Gasteiger partial charge is 0.385 e.